The summed E-state index contributed by atoms with van der Waals surface area (Å²) in [6, 6.07) is 16.1. The van der Waals surface area contributed by atoms with Gasteiger partial charge in [-0.1, -0.05) is 30.3 Å². The number of hydrogen-bond donors (Lipinski definition) is 0. The molecule has 3 heterocycles. The van der Waals surface area contributed by atoms with Crippen molar-refractivity contribution in [2.75, 3.05) is 14.2 Å². The van der Waals surface area contributed by atoms with Crippen LogP contribution in [0.25, 0.3) is 28.1 Å². The Balaban J connectivity index is 1.66. The number of aromatic nitrogens is 5. The van der Waals surface area contributed by atoms with Crippen LogP contribution in [0.3, 0.4) is 0 Å². The number of nitrogens with zero attached hydrogens (tertiary/aromatic N) is 5. The third kappa shape index (κ3) is 3.09. The number of fused-ring (bicyclic) bond motifs is 3. The first kappa shape index (κ1) is 19.1. The molecule has 5 aromatic rings. The predicted octanol–water partition coefficient (Wildman–Crippen LogP) is 4.43. The van der Waals surface area contributed by atoms with Crippen molar-refractivity contribution in [3.05, 3.63) is 71.7 Å². The van der Waals surface area contributed by atoms with E-state index >= 15 is 0 Å². The van der Waals surface area contributed by atoms with Crippen molar-refractivity contribution < 1.29 is 9.47 Å². The lowest BCUT2D eigenvalue weighted by molar-refractivity contribution is 0.355. The highest BCUT2D eigenvalue weighted by Crippen LogP contribution is 2.33. The first-order valence-electron chi connectivity index (χ1n) is 10.1. The Labute approximate surface area is 179 Å². The van der Waals surface area contributed by atoms with E-state index in [0.29, 0.717) is 17.3 Å². The van der Waals surface area contributed by atoms with Gasteiger partial charge in [0, 0.05) is 17.8 Å². The quantitative estimate of drug-likeness (QED) is 0.426. The molecule has 0 saturated heterocycles. The fraction of sp³-hybridized carbons (Fsp3) is 0.208. The second-order valence-corrected chi connectivity index (χ2v) is 7.50. The summed E-state index contributed by atoms with van der Waals surface area (Å²) < 4.78 is 14.8. The number of hydrogen-bond acceptors (Lipinski definition) is 5. The molecule has 5 rings (SSSR count). The molecule has 0 aliphatic heterocycles. The summed E-state index contributed by atoms with van der Waals surface area (Å²) in [7, 11) is 3.24. The Bertz CT molecular complexity index is 1400. The summed E-state index contributed by atoms with van der Waals surface area (Å²) in [4.78, 5) is 9.60. The Morgan fingerprint density at radius 3 is 2.42 bits per heavy atom. The van der Waals surface area contributed by atoms with E-state index in [1.54, 1.807) is 25.1 Å². The fourth-order valence-electron chi connectivity index (χ4n) is 3.99. The minimum atomic E-state index is 0.614. The zero-order chi connectivity index (χ0) is 21.5. The molecular formula is C24H23N5O2. The molecule has 0 spiro atoms. The number of ether oxygens (including phenoxy) is 2. The van der Waals surface area contributed by atoms with Gasteiger partial charge in [-0.2, -0.15) is 0 Å². The summed E-state index contributed by atoms with van der Waals surface area (Å²) >= 11 is 0. The van der Waals surface area contributed by atoms with Gasteiger partial charge in [0.1, 0.15) is 12.0 Å². The summed E-state index contributed by atoms with van der Waals surface area (Å²) in [5.74, 6) is 1.93. The van der Waals surface area contributed by atoms with Crippen LogP contribution >= 0.6 is 0 Å². The molecule has 0 radical (unpaired) electrons. The Hall–Kier alpha value is -3.87. The topological polar surface area (TPSA) is 66.5 Å². The van der Waals surface area contributed by atoms with Crippen molar-refractivity contribution in [2.24, 2.45) is 0 Å². The van der Waals surface area contributed by atoms with Gasteiger partial charge in [0.05, 0.1) is 19.6 Å². The van der Waals surface area contributed by atoms with Crippen molar-refractivity contribution in [3.63, 3.8) is 0 Å². The first-order valence-corrected chi connectivity index (χ1v) is 10.1. The van der Waals surface area contributed by atoms with Crippen molar-refractivity contribution >= 4 is 16.7 Å². The molecule has 0 N–H and O–H groups in total. The summed E-state index contributed by atoms with van der Waals surface area (Å²) in [6.45, 7) is 5.00. The van der Waals surface area contributed by atoms with Gasteiger partial charge in [0.2, 0.25) is 0 Å². The second-order valence-electron chi connectivity index (χ2n) is 7.50. The largest absolute Gasteiger partial charge is 0.493 e. The average Bonchev–Trinajstić information content (AvgIpc) is 3.34. The SMILES string of the molecule is COc1ccc(-c2nc3c4c(C)c(C)n(Cc5ccccc5)c4ncn3n2)cc1OC. The molecule has 156 valence electrons. The summed E-state index contributed by atoms with van der Waals surface area (Å²) in [6.07, 6.45) is 1.73. The van der Waals surface area contributed by atoms with Crippen molar-refractivity contribution in [2.45, 2.75) is 20.4 Å². The molecule has 31 heavy (non-hydrogen) atoms. The van der Waals surface area contributed by atoms with Crippen LogP contribution in [-0.4, -0.2) is 38.4 Å². The average molecular weight is 413 g/mol. The Morgan fingerprint density at radius 1 is 0.903 bits per heavy atom. The number of methoxy groups -OCH3 is 2. The zero-order valence-electron chi connectivity index (χ0n) is 18.0. The standard InChI is InChI=1S/C24H23N5O2/c1-15-16(2)28(13-17-8-6-5-7-9-17)23-21(15)24-26-22(27-29(24)14-25-23)18-10-11-19(30-3)20(12-18)31-4/h5-12,14H,13H2,1-4H3. The van der Waals surface area contributed by atoms with Crippen LogP contribution in [0.15, 0.2) is 54.9 Å². The van der Waals surface area contributed by atoms with Crippen molar-refractivity contribution in [1.82, 2.24) is 24.1 Å². The highest BCUT2D eigenvalue weighted by atomic mass is 16.5. The van der Waals surface area contributed by atoms with E-state index in [-0.39, 0.29) is 0 Å². The Morgan fingerprint density at radius 2 is 1.68 bits per heavy atom. The van der Waals surface area contributed by atoms with E-state index in [1.165, 1.54) is 11.3 Å². The predicted molar refractivity (Wildman–Crippen MR) is 120 cm³/mol. The molecule has 0 aliphatic rings. The van der Waals surface area contributed by atoms with Gasteiger partial charge in [-0.3, -0.25) is 0 Å². The monoisotopic (exact) mass is 413 g/mol. The van der Waals surface area contributed by atoms with Gasteiger partial charge >= 0.3 is 0 Å². The van der Waals surface area contributed by atoms with E-state index in [9.17, 15) is 0 Å². The molecule has 0 saturated carbocycles. The lowest BCUT2D eigenvalue weighted by Crippen LogP contribution is -2.03. The smallest absolute Gasteiger partial charge is 0.182 e. The van der Waals surface area contributed by atoms with Gasteiger partial charge in [-0.05, 0) is 43.2 Å². The molecule has 7 nitrogen and oxygen atoms in total. The van der Waals surface area contributed by atoms with Gasteiger partial charge in [0.15, 0.2) is 23.0 Å². The molecule has 0 fully saturated rings. The van der Waals surface area contributed by atoms with E-state index in [4.69, 9.17) is 19.4 Å². The zero-order valence-corrected chi connectivity index (χ0v) is 18.0. The second kappa shape index (κ2) is 7.43. The molecule has 0 aliphatic carbocycles. The van der Waals surface area contributed by atoms with Crippen LogP contribution in [0.1, 0.15) is 16.8 Å². The maximum atomic E-state index is 5.43. The van der Waals surface area contributed by atoms with Crippen molar-refractivity contribution in [1.29, 1.82) is 0 Å². The van der Waals surface area contributed by atoms with Crippen LogP contribution in [0, 0.1) is 13.8 Å². The third-order valence-corrected chi connectivity index (χ3v) is 5.77. The molecular weight excluding hydrogens is 390 g/mol. The highest BCUT2D eigenvalue weighted by Gasteiger charge is 2.19. The minimum Gasteiger partial charge on any atom is -0.493 e. The highest BCUT2D eigenvalue weighted by molar-refractivity contribution is 5.94. The van der Waals surface area contributed by atoms with E-state index in [0.717, 1.165) is 34.4 Å². The van der Waals surface area contributed by atoms with Gasteiger partial charge in [-0.15, -0.1) is 5.10 Å². The first-order chi connectivity index (χ1) is 15.1. The number of rotatable bonds is 5. The normalized spacial score (nSPS) is 11.4. The van der Waals surface area contributed by atoms with Crippen LogP contribution in [0.2, 0.25) is 0 Å². The Kier molecular flexibility index (Phi) is 4.58. The molecule has 7 heteroatoms. The lowest BCUT2D eigenvalue weighted by Gasteiger charge is -2.07. The molecule has 2 aromatic carbocycles. The van der Waals surface area contributed by atoms with Gasteiger partial charge in [-0.25, -0.2) is 14.5 Å². The van der Waals surface area contributed by atoms with Crippen LogP contribution in [0.5, 0.6) is 11.5 Å². The van der Waals surface area contributed by atoms with Crippen LogP contribution in [0.4, 0.5) is 0 Å². The lowest BCUT2D eigenvalue weighted by atomic mass is 10.2. The van der Waals surface area contributed by atoms with E-state index in [1.807, 2.05) is 24.3 Å². The number of aryl methyl sites for hydroxylation is 1. The molecule has 0 bridgehead atoms. The summed E-state index contributed by atoms with van der Waals surface area (Å²) in [5, 5.41) is 5.69. The summed E-state index contributed by atoms with van der Waals surface area (Å²) in [5.41, 5.74) is 6.13. The molecule has 3 aromatic heterocycles. The van der Waals surface area contributed by atoms with Gasteiger partial charge < -0.3 is 14.0 Å². The fourth-order valence-corrected chi connectivity index (χ4v) is 3.99. The molecule has 0 unspecified atom stereocenters. The van der Waals surface area contributed by atoms with Crippen LogP contribution in [-0.2, 0) is 6.54 Å². The third-order valence-electron chi connectivity index (χ3n) is 5.77. The van der Waals surface area contributed by atoms with Crippen molar-refractivity contribution in [3.8, 4) is 22.9 Å². The van der Waals surface area contributed by atoms with E-state index < -0.39 is 0 Å². The van der Waals surface area contributed by atoms with Gasteiger partial charge in [0.25, 0.3) is 0 Å². The van der Waals surface area contributed by atoms with Crippen LogP contribution < -0.4 is 9.47 Å². The maximum Gasteiger partial charge on any atom is 0.182 e. The van der Waals surface area contributed by atoms with E-state index in [2.05, 4.69) is 47.8 Å². The number of benzene rings is 2. The molecule has 0 atom stereocenters. The maximum absolute atomic E-state index is 5.43. The molecule has 0 amide bonds. The minimum absolute atomic E-state index is 0.614.